The van der Waals surface area contributed by atoms with Crippen molar-refractivity contribution in [1.29, 1.82) is 0 Å². The first-order valence-corrected chi connectivity index (χ1v) is 9.95. The summed E-state index contributed by atoms with van der Waals surface area (Å²) in [4.78, 5) is 14.5. The van der Waals surface area contributed by atoms with Gasteiger partial charge in [0.05, 0.1) is 11.3 Å². The first-order valence-electron chi connectivity index (χ1n) is 8.29. The number of sulfonamides is 1. The van der Waals surface area contributed by atoms with Gasteiger partial charge in [0.15, 0.2) is 0 Å². The van der Waals surface area contributed by atoms with Gasteiger partial charge in [0.25, 0.3) is 5.91 Å². The Kier molecular flexibility index (Phi) is 4.16. The topological polar surface area (TPSA) is 75.6 Å². The molecular formula is C18H24N2O3S. The van der Waals surface area contributed by atoms with Crippen molar-refractivity contribution in [2.75, 3.05) is 12.3 Å². The highest BCUT2D eigenvalue weighted by Gasteiger charge is 2.54. The van der Waals surface area contributed by atoms with E-state index in [0.29, 0.717) is 23.8 Å². The third-order valence-corrected chi connectivity index (χ3v) is 7.81. The molecule has 1 amide bonds. The molecule has 2 fully saturated rings. The van der Waals surface area contributed by atoms with E-state index in [1.54, 1.807) is 12.3 Å². The Balaban J connectivity index is 0.000000149. The highest BCUT2D eigenvalue weighted by atomic mass is 32.2. The fourth-order valence-corrected chi connectivity index (χ4v) is 5.90. The van der Waals surface area contributed by atoms with Crippen molar-refractivity contribution < 1.29 is 13.2 Å². The van der Waals surface area contributed by atoms with Gasteiger partial charge in [-0.1, -0.05) is 39.0 Å². The van der Waals surface area contributed by atoms with Gasteiger partial charge in [-0.15, -0.1) is 0 Å². The maximum Gasteiger partial charge on any atom is 0.277 e. The van der Waals surface area contributed by atoms with Gasteiger partial charge in [-0.2, -0.15) is 0 Å². The SMILES string of the molecule is CC12CCC(CNS(=O)(=O)C1)C2(C)C.O=C1N=Cc2ccccc21. The Morgan fingerprint density at radius 1 is 1.21 bits per heavy atom. The molecule has 2 atom stereocenters. The van der Waals surface area contributed by atoms with Crippen LogP contribution < -0.4 is 4.72 Å². The molecule has 0 aromatic heterocycles. The first-order chi connectivity index (χ1) is 11.1. The summed E-state index contributed by atoms with van der Waals surface area (Å²) in [5, 5.41) is 0. The summed E-state index contributed by atoms with van der Waals surface area (Å²) in [5.74, 6) is 0.670. The summed E-state index contributed by atoms with van der Waals surface area (Å²) < 4.78 is 26.0. The molecule has 5 nitrogen and oxygen atoms in total. The molecule has 1 saturated heterocycles. The lowest BCUT2D eigenvalue weighted by molar-refractivity contribution is 0.101. The van der Waals surface area contributed by atoms with E-state index >= 15 is 0 Å². The minimum atomic E-state index is -3.03. The highest BCUT2D eigenvalue weighted by Crippen LogP contribution is 2.57. The van der Waals surface area contributed by atoms with Crippen LogP contribution in [-0.2, 0) is 10.0 Å². The van der Waals surface area contributed by atoms with Crippen molar-refractivity contribution in [3.05, 3.63) is 35.4 Å². The second kappa shape index (κ2) is 5.77. The summed E-state index contributed by atoms with van der Waals surface area (Å²) >= 11 is 0. The van der Waals surface area contributed by atoms with Crippen molar-refractivity contribution >= 4 is 22.1 Å². The minimum Gasteiger partial charge on any atom is -0.267 e. The van der Waals surface area contributed by atoms with Crippen LogP contribution in [0.2, 0.25) is 0 Å². The van der Waals surface area contributed by atoms with Gasteiger partial charge in [0, 0.05) is 18.3 Å². The number of nitrogens with one attached hydrogen (secondary N) is 1. The van der Waals surface area contributed by atoms with Gasteiger partial charge in [-0.05, 0) is 35.7 Å². The van der Waals surface area contributed by atoms with Crippen molar-refractivity contribution in [3.8, 4) is 0 Å². The van der Waals surface area contributed by atoms with E-state index in [0.717, 1.165) is 18.4 Å². The minimum absolute atomic E-state index is 0.0417. The van der Waals surface area contributed by atoms with Gasteiger partial charge in [-0.3, -0.25) is 4.79 Å². The summed E-state index contributed by atoms with van der Waals surface area (Å²) in [6.07, 6.45) is 3.80. The van der Waals surface area contributed by atoms with E-state index in [1.807, 2.05) is 18.2 Å². The van der Waals surface area contributed by atoms with Crippen LogP contribution in [0.5, 0.6) is 0 Å². The van der Waals surface area contributed by atoms with E-state index in [2.05, 4.69) is 30.5 Å². The molecule has 0 spiro atoms. The molecule has 24 heavy (non-hydrogen) atoms. The normalized spacial score (nSPS) is 31.8. The van der Waals surface area contributed by atoms with Crippen molar-refractivity contribution in [3.63, 3.8) is 0 Å². The largest absolute Gasteiger partial charge is 0.277 e. The molecule has 1 aromatic rings. The molecule has 4 rings (SSSR count). The van der Waals surface area contributed by atoms with Gasteiger partial charge in [0.2, 0.25) is 10.0 Å². The fraction of sp³-hybridized carbons (Fsp3) is 0.556. The lowest BCUT2D eigenvalue weighted by atomic mass is 9.67. The zero-order chi connectivity index (χ0) is 17.6. The number of amides is 1. The molecule has 1 aliphatic carbocycles. The Bertz CT molecular complexity index is 798. The highest BCUT2D eigenvalue weighted by molar-refractivity contribution is 7.89. The van der Waals surface area contributed by atoms with E-state index in [-0.39, 0.29) is 16.7 Å². The zero-order valence-corrected chi connectivity index (χ0v) is 15.2. The Labute approximate surface area is 143 Å². The van der Waals surface area contributed by atoms with E-state index in [9.17, 15) is 13.2 Å². The third-order valence-electron chi connectivity index (χ3n) is 6.19. The number of carbonyl (C=O) groups excluding carboxylic acids is 1. The molecule has 1 aromatic carbocycles. The molecule has 2 heterocycles. The molecule has 2 bridgehead atoms. The quantitative estimate of drug-likeness (QED) is 0.783. The van der Waals surface area contributed by atoms with Crippen LogP contribution in [0.15, 0.2) is 29.3 Å². The van der Waals surface area contributed by atoms with Gasteiger partial charge < -0.3 is 0 Å². The molecule has 1 saturated carbocycles. The average molecular weight is 348 g/mol. The van der Waals surface area contributed by atoms with E-state index in [1.165, 1.54) is 0 Å². The molecule has 0 radical (unpaired) electrons. The summed E-state index contributed by atoms with van der Waals surface area (Å²) in [5.41, 5.74) is 1.74. The lowest BCUT2D eigenvalue weighted by Crippen LogP contribution is -2.37. The smallest absolute Gasteiger partial charge is 0.267 e. The number of fused-ring (bicyclic) bond motifs is 3. The number of benzene rings is 1. The summed E-state index contributed by atoms with van der Waals surface area (Å²) in [7, 11) is -3.03. The molecule has 2 aliphatic heterocycles. The number of hydrogen-bond donors (Lipinski definition) is 1. The number of rotatable bonds is 0. The van der Waals surface area contributed by atoms with Crippen LogP contribution in [0, 0.1) is 16.7 Å². The summed E-state index contributed by atoms with van der Waals surface area (Å²) in [6.45, 7) is 7.18. The number of carbonyl (C=O) groups is 1. The van der Waals surface area contributed by atoms with Crippen molar-refractivity contribution in [1.82, 2.24) is 4.72 Å². The van der Waals surface area contributed by atoms with E-state index < -0.39 is 10.0 Å². The van der Waals surface area contributed by atoms with Crippen molar-refractivity contribution in [2.24, 2.45) is 21.7 Å². The Morgan fingerprint density at radius 2 is 1.92 bits per heavy atom. The molecule has 1 N–H and O–H groups in total. The molecule has 3 aliphatic rings. The standard InChI is InChI=1S/C10H19NO2S.C8H5NO/c1-9(2)8-4-5-10(9,3)7-14(12,13)11-6-8;10-8-7-4-2-1-3-6(7)5-9-8/h8,11H,4-7H2,1-3H3;1-5H. The van der Waals surface area contributed by atoms with Crippen LogP contribution in [0.25, 0.3) is 0 Å². The number of nitrogens with zero attached hydrogens (tertiary/aromatic N) is 1. The van der Waals surface area contributed by atoms with Gasteiger partial charge in [-0.25, -0.2) is 18.1 Å². The predicted molar refractivity (Wildman–Crippen MR) is 94.8 cm³/mol. The van der Waals surface area contributed by atoms with Gasteiger partial charge in [0.1, 0.15) is 0 Å². The fourth-order valence-electron chi connectivity index (χ4n) is 3.98. The van der Waals surface area contributed by atoms with Crippen LogP contribution in [-0.4, -0.2) is 32.8 Å². The Morgan fingerprint density at radius 3 is 2.62 bits per heavy atom. The average Bonchev–Trinajstić information content (AvgIpc) is 2.95. The monoisotopic (exact) mass is 348 g/mol. The zero-order valence-electron chi connectivity index (χ0n) is 14.4. The maximum absolute atomic E-state index is 11.6. The number of aliphatic imine (C=N–C) groups is 1. The van der Waals surface area contributed by atoms with Crippen LogP contribution >= 0.6 is 0 Å². The predicted octanol–water partition coefficient (Wildman–Crippen LogP) is 2.62. The maximum atomic E-state index is 11.6. The van der Waals surface area contributed by atoms with Crippen LogP contribution in [0.3, 0.4) is 0 Å². The second-order valence-corrected chi connectivity index (χ2v) is 9.58. The van der Waals surface area contributed by atoms with Crippen LogP contribution in [0.1, 0.15) is 49.5 Å². The first kappa shape index (κ1) is 17.3. The lowest BCUT2D eigenvalue weighted by Gasteiger charge is -2.39. The van der Waals surface area contributed by atoms with Crippen molar-refractivity contribution in [2.45, 2.75) is 33.6 Å². The Hall–Kier alpha value is -1.53. The molecule has 6 heteroatoms. The van der Waals surface area contributed by atoms with Crippen LogP contribution in [0.4, 0.5) is 0 Å². The second-order valence-electron chi connectivity index (χ2n) is 7.78. The third kappa shape index (κ3) is 2.93. The van der Waals surface area contributed by atoms with E-state index in [4.69, 9.17) is 0 Å². The molecular weight excluding hydrogens is 324 g/mol. The molecule has 130 valence electrons. The summed E-state index contributed by atoms with van der Waals surface area (Å²) in [6, 6.07) is 7.39. The number of hydrogen-bond acceptors (Lipinski definition) is 3. The molecule has 2 unspecified atom stereocenters. The van der Waals surface area contributed by atoms with Gasteiger partial charge >= 0.3 is 0 Å².